The molecule has 1 aromatic carbocycles. The van der Waals surface area contributed by atoms with Crippen LogP contribution in [-0.4, -0.2) is 44.2 Å². The van der Waals surface area contributed by atoms with Gasteiger partial charge >= 0.3 is 0 Å². The van der Waals surface area contributed by atoms with Crippen molar-refractivity contribution in [3.63, 3.8) is 0 Å². The van der Waals surface area contributed by atoms with Gasteiger partial charge in [0.2, 0.25) is 0 Å². The molecule has 2 unspecified atom stereocenters. The number of anilines is 1. The predicted octanol–water partition coefficient (Wildman–Crippen LogP) is 2.64. The highest BCUT2D eigenvalue weighted by Crippen LogP contribution is 2.30. The highest BCUT2D eigenvalue weighted by Gasteiger charge is 2.30. The van der Waals surface area contributed by atoms with Crippen molar-refractivity contribution >= 4 is 5.69 Å². The zero-order valence-electron chi connectivity index (χ0n) is 12.8. The summed E-state index contributed by atoms with van der Waals surface area (Å²) in [5.41, 5.74) is 2.85. The van der Waals surface area contributed by atoms with Crippen LogP contribution in [0.2, 0.25) is 0 Å². The topological polar surface area (TPSA) is 18.5 Å². The quantitative estimate of drug-likeness (QED) is 0.910. The summed E-state index contributed by atoms with van der Waals surface area (Å²) in [7, 11) is 2.04. The molecule has 2 atom stereocenters. The van der Waals surface area contributed by atoms with Crippen molar-refractivity contribution in [2.45, 2.75) is 38.3 Å². The van der Waals surface area contributed by atoms with Crippen molar-refractivity contribution < 1.29 is 0 Å². The van der Waals surface area contributed by atoms with Gasteiger partial charge in [0.25, 0.3) is 0 Å². The Kier molecular flexibility index (Phi) is 4.27. The van der Waals surface area contributed by atoms with Crippen molar-refractivity contribution in [3.8, 4) is 0 Å². The van der Waals surface area contributed by atoms with Crippen LogP contribution in [0.1, 0.15) is 37.8 Å². The SMILES string of the molecule is CNC(C)c1ccccc1N1CCC(N2CCCC2)C1. The summed E-state index contributed by atoms with van der Waals surface area (Å²) in [5.74, 6) is 0. The molecule has 0 spiro atoms. The standard InChI is InChI=1S/C17H27N3/c1-14(18-2)16-7-3-4-8-17(16)20-12-9-15(13-20)19-10-5-6-11-19/h3-4,7-8,14-15,18H,5-6,9-13H2,1-2H3. The molecule has 0 radical (unpaired) electrons. The number of hydrogen-bond donors (Lipinski definition) is 1. The molecule has 2 heterocycles. The van der Waals surface area contributed by atoms with Crippen molar-refractivity contribution in [2.24, 2.45) is 0 Å². The first kappa shape index (κ1) is 13.9. The highest BCUT2D eigenvalue weighted by molar-refractivity contribution is 5.55. The first-order valence-electron chi connectivity index (χ1n) is 8.05. The van der Waals surface area contributed by atoms with E-state index in [-0.39, 0.29) is 0 Å². The minimum Gasteiger partial charge on any atom is -0.370 e. The highest BCUT2D eigenvalue weighted by atomic mass is 15.3. The number of likely N-dealkylation sites (tertiary alicyclic amines) is 1. The molecule has 3 nitrogen and oxygen atoms in total. The Morgan fingerprint density at radius 3 is 2.65 bits per heavy atom. The Balaban J connectivity index is 1.74. The Morgan fingerprint density at radius 1 is 1.15 bits per heavy atom. The van der Waals surface area contributed by atoms with Gasteiger partial charge in [-0.2, -0.15) is 0 Å². The second kappa shape index (κ2) is 6.15. The first-order valence-corrected chi connectivity index (χ1v) is 8.05. The van der Waals surface area contributed by atoms with E-state index in [9.17, 15) is 0 Å². The van der Waals surface area contributed by atoms with E-state index < -0.39 is 0 Å². The van der Waals surface area contributed by atoms with Gasteiger partial charge in [-0.05, 0) is 58.0 Å². The van der Waals surface area contributed by atoms with Gasteiger partial charge in [0.1, 0.15) is 0 Å². The summed E-state index contributed by atoms with van der Waals surface area (Å²) < 4.78 is 0. The molecule has 0 bridgehead atoms. The first-order chi connectivity index (χ1) is 9.79. The molecule has 0 aliphatic carbocycles. The lowest BCUT2D eigenvalue weighted by atomic mass is 10.1. The number of rotatable bonds is 4. The third-order valence-corrected chi connectivity index (χ3v) is 5.00. The van der Waals surface area contributed by atoms with Gasteiger partial charge < -0.3 is 10.2 Å². The lowest BCUT2D eigenvalue weighted by Crippen LogP contribution is -2.35. The van der Waals surface area contributed by atoms with Crippen molar-refractivity contribution in [2.75, 3.05) is 38.1 Å². The van der Waals surface area contributed by atoms with Gasteiger partial charge in [-0.15, -0.1) is 0 Å². The van der Waals surface area contributed by atoms with Crippen LogP contribution >= 0.6 is 0 Å². The maximum absolute atomic E-state index is 3.37. The molecule has 3 rings (SSSR count). The summed E-state index contributed by atoms with van der Waals surface area (Å²) in [6.45, 7) is 7.27. The number of hydrogen-bond acceptors (Lipinski definition) is 3. The molecule has 2 fully saturated rings. The molecule has 0 aromatic heterocycles. The Morgan fingerprint density at radius 2 is 1.90 bits per heavy atom. The smallest absolute Gasteiger partial charge is 0.0415 e. The largest absolute Gasteiger partial charge is 0.370 e. The summed E-state index contributed by atoms with van der Waals surface area (Å²) in [4.78, 5) is 5.29. The van der Waals surface area contributed by atoms with Gasteiger partial charge in [0, 0.05) is 30.9 Å². The van der Waals surface area contributed by atoms with Crippen molar-refractivity contribution in [1.82, 2.24) is 10.2 Å². The monoisotopic (exact) mass is 273 g/mol. The number of para-hydroxylation sites is 1. The second-order valence-corrected chi connectivity index (χ2v) is 6.20. The lowest BCUT2D eigenvalue weighted by Gasteiger charge is -2.27. The minimum absolute atomic E-state index is 0.414. The van der Waals surface area contributed by atoms with E-state index >= 15 is 0 Å². The third kappa shape index (κ3) is 2.70. The van der Waals surface area contributed by atoms with Crippen LogP contribution in [0.4, 0.5) is 5.69 Å². The molecular weight excluding hydrogens is 246 g/mol. The predicted molar refractivity (Wildman–Crippen MR) is 85.3 cm³/mol. The molecule has 1 aromatic rings. The Bertz CT molecular complexity index is 440. The minimum atomic E-state index is 0.414. The Hall–Kier alpha value is -1.06. The van der Waals surface area contributed by atoms with E-state index in [0.29, 0.717) is 6.04 Å². The molecule has 2 saturated heterocycles. The van der Waals surface area contributed by atoms with Crippen LogP contribution in [0.5, 0.6) is 0 Å². The molecule has 3 heteroatoms. The molecule has 0 saturated carbocycles. The van der Waals surface area contributed by atoms with E-state index in [1.165, 1.54) is 56.7 Å². The number of benzene rings is 1. The van der Waals surface area contributed by atoms with Crippen LogP contribution in [-0.2, 0) is 0 Å². The molecule has 110 valence electrons. The normalized spacial score (nSPS) is 25.3. The van der Waals surface area contributed by atoms with Crippen LogP contribution in [0.25, 0.3) is 0 Å². The fourth-order valence-electron chi connectivity index (χ4n) is 3.66. The van der Waals surface area contributed by atoms with Crippen LogP contribution in [0, 0.1) is 0 Å². The summed E-state index contributed by atoms with van der Waals surface area (Å²) in [6, 6.07) is 10.1. The van der Waals surface area contributed by atoms with E-state index in [1.807, 2.05) is 7.05 Å². The zero-order chi connectivity index (χ0) is 13.9. The molecule has 20 heavy (non-hydrogen) atoms. The van der Waals surface area contributed by atoms with Gasteiger partial charge in [-0.25, -0.2) is 0 Å². The maximum atomic E-state index is 3.37. The van der Waals surface area contributed by atoms with E-state index in [1.54, 1.807) is 0 Å². The van der Waals surface area contributed by atoms with E-state index in [0.717, 1.165) is 6.04 Å². The van der Waals surface area contributed by atoms with Gasteiger partial charge in [0.05, 0.1) is 0 Å². The zero-order valence-corrected chi connectivity index (χ0v) is 12.8. The molecule has 1 N–H and O–H groups in total. The third-order valence-electron chi connectivity index (χ3n) is 5.00. The molecule has 2 aliphatic heterocycles. The molecular formula is C17H27N3. The van der Waals surface area contributed by atoms with E-state index in [4.69, 9.17) is 0 Å². The van der Waals surface area contributed by atoms with Crippen LogP contribution in [0.3, 0.4) is 0 Å². The van der Waals surface area contributed by atoms with Crippen LogP contribution < -0.4 is 10.2 Å². The van der Waals surface area contributed by atoms with Crippen molar-refractivity contribution in [1.29, 1.82) is 0 Å². The second-order valence-electron chi connectivity index (χ2n) is 6.20. The summed E-state index contributed by atoms with van der Waals surface area (Å²) in [6.07, 6.45) is 4.11. The molecule has 0 amide bonds. The average molecular weight is 273 g/mol. The average Bonchev–Trinajstić information content (AvgIpc) is 3.17. The number of nitrogens with zero attached hydrogens (tertiary/aromatic N) is 2. The fourth-order valence-corrected chi connectivity index (χ4v) is 3.66. The molecule has 2 aliphatic rings. The van der Waals surface area contributed by atoms with Crippen LogP contribution in [0.15, 0.2) is 24.3 Å². The van der Waals surface area contributed by atoms with E-state index in [2.05, 4.69) is 46.3 Å². The van der Waals surface area contributed by atoms with Gasteiger partial charge in [-0.1, -0.05) is 18.2 Å². The summed E-state index contributed by atoms with van der Waals surface area (Å²) >= 11 is 0. The van der Waals surface area contributed by atoms with Gasteiger partial charge in [-0.3, -0.25) is 4.90 Å². The number of nitrogens with one attached hydrogen (secondary N) is 1. The van der Waals surface area contributed by atoms with Gasteiger partial charge in [0.15, 0.2) is 0 Å². The fraction of sp³-hybridized carbons (Fsp3) is 0.647. The Labute approximate surface area is 123 Å². The lowest BCUT2D eigenvalue weighted by molar-refractivity contribution is 0.260. The maximum Gasteiger partial charge on any atom is 0.0415 e. The summed E-state index contributed by atoms with van der Waals surface area (Å²) in [5, 5.41) is 3.37. The van der Waals surface area contributed by atoms with Crippen molar-refractivity contribution in [3.05, 3.63) is 29.8 Å².